The van der Waals surface area contributed by atoms with E-state index in [0.29, 0.717) is 35.3 Å². The van der Waals surface area contributed by atoms with E-state index in [1.54, 1.807) is 30.3 Å². The Kier molecular flexibility index (Phi) is 5.63. The second-order valence-electron chi connectivity index (χ2n) is 5.87. The lowest BCUT2D eigenvalue weighted by Gasteiger charge is -2.12. The minimum absolute atomic E-state index is 0.0131. The van der Waals surface area contributed by atoms with Crippen molar-refractivity contribution in [2.24, 2.45) is 0 Å². The van der Waals surface area contributed by atoms with Crippen LogP contribution in [0.4, 0.5) is 0 Å². The van der Waals surface area contributed by atoms with Crippen molar-refractivity contribution in [3.8, 4) is 11.5 Å². The molecule has 0 saturated carbocycles. The maximum Gasteiger partial charge on any atom is 0.335 e. The van der Waals surface area contributed by atoms with E-state index in [-0.39, 0.29) is 24.4 Å². The number of halogens is 1. The average Bonchev–Trinajstić information content (AvgIpc) is 2.86. The van der Waals surface area contributed by atoms with Crippen LogP contribution in [0, 0.1) is 0 Å². The Labute approximate surface area is 155 Å². The van der Waals surface area contributed by atoms with E-state index in [1.807, 2.05) is 0 Å². The lowest BCUT2D eigenvalue weighted by atomic mass is 10.0. The number of carbonyl (C=O) groups is 2. The van der Waals surface area contributed by atoms with Crippen molar-refractivity contribution in [3.05, 3.63) is 58.1 Å². The van der Waals surface area contributed by atoms with Crippen LogP contribution in [0.15, 0.2) is 36.4 Å². The van der Waals surface area contributed by atoms with E-state index in [0.717, 1.165) is 12.0 Å². The van der Waals surface area contributed by atoms with Crippen molar-refractivity contribution < 1.29 is 24.2 Å². The molecule has 2 N–H and O–H groups in total. The quantitative estimate of drug-likeness (QED) is 0.839. The molecule has 7 heteroatoms. The molecule has 0 fully saturated rings. The van der Waals surface area contributed by atoms with Gasteiger partial charge in [0.15, 0.2) is 11.5 Å². The van der Waals surface area contributed by atoms with Crippen LogP contribution < -0.4 is 14.8 Å². The van der Waals surface area contributed by atoms with E-state index in [4.69, 9.17) is 21.1 Å². The number of hydrogen-bond acceptors (Lipinski definition) is 4. The van der Waals surface area contributed by atoms with Gasteiger partial charge in [-0.05, 0) is 29.3 Å². The molecule has 0 aliphatic carbocycles. The molecule has 0 unspecified atom stereocenters. The second kappa shape index (κ2) is 8.10. The molecule has 0 radical (unpaired) electrons. The normalized spacial score (nSPS) is 13.0. The summed E-state index contributed by atoms with van der Waals surface area (Å²) in [5.74, 6) is -0.241. The molecule has 0 spiro atoms. The number of nitrogens with one attached hydrogen (secondary N) is 1. The maximum atomic E-state index is 12.2. The molecule has 3 rings (SSSR count). The van der Waals surface area contributed by atoms with Crippen LogP contribution >= 0.6 is 11.6 Å². The van der Waals surface area contributed by atoms with Crippen molar-refractivity contribution in [2.75, 3.05) is 13.2 Å². The highest BCUT2D eigenvalue weighted by Gasteiger charge is 2.16. The number of ether oxygens (including phenoxy) is 2. The fourth-order valence-electron chi connectivity index (χ4n) is 2.71. The molecule has 0 atom stereocenters. The standard InChI is InChI=1S/C19H18ClNO5/c20-15-8-12(9-16-18(15)26-7-3-6-25-16)11-21-17(22)10-13-4-1-2-5-14(13)19(23)24/h1-2,4-5,8-9H,3,6-7,10-11H2,(H,21,22)(H,23,24). The SMILES string of the molecule is O=C(Cc1ccccc1C(=O)O)NCc1cc(Cl)c2c(c1)OCCCO2. The summed E-state index contributed by atoms with van der Waals surface area (Å²) >= 11 is 6.24. The van der Waals surface area contributed by atoms with E-state index < -0.39 is 5.97 Å². The molecule has 1 aliphatic rings. The molecule has 1 heterocycles. The van der Waals surface area contributed by atoms with Crippen LogP contribution in [0.1, 0.15) is 27.9 Å². The Morgan fingerprint density at radius 3 is 2.73 bits per heavy atom. The molecule has 26 heavy (non-hydrogen) atoms. The van der Waals surface area contributed by atoms with Gasteiger partial charge in [0.05, 0.1) is 30.2 Å². The monoisotopic (exact) mass is 375 g/mol. The third-order valence-electron chi connectivity index (χ3n) is 3.95. The van der Waals surface area contributed by atoms with Crippen LogP contribution in [-0.4, -0.2) is 30.2 Å². The second-order valence-corrected chi connectivity index (χ2v) is 6.28. The van der Waals surface area contributed by atoms with Gasteiger partial charge in [0, 0.05) is 13.0 Å². The third-order valence-corrected chi connectivity index (χ3v) is 4.23. The van der Waals surface area contributed by atoms with Gasteiger partial charge in [-0.1, -0.05) is 29.8 Å². The summed E-state index contributed by atoms with van der Waals surface area (Å²) in [4.78, 5) is 23.4. The molecular formula is C19H18ClNO5. The zero-order chi connectivity index (χ0) is 18.5. The molecule has 0 aromatic heterocycles. The fraction of sp³-hybridized carbons (Fsp3) is 0.263. The highest BCUT2D eigenvalue weighted by molar-refractivity contribution is 6.32. The van der Waals surface area contributed by atoms with Gasteiger partial charge in [0.2, 0.25) is 5.91 Å². The van der Waals surface area contributed by atoms with Crippen molar-refractivity contribution >= 4 is 23.5 Å². The molecular weight excluding hydrogens is 358 g/mol. The first-order valence-electron chi connectivity index (χ1n) is 8.20. The fourth-order valence-corrected chi connectivity index (χ4v) is 2.99. The van der Waals surface area contributed by atoms with Gasteiger partial charge in [0.1, 0.15) is 0 Å². The van der Waals surface area contributed by atoms with Crippen molar-refractivity contribution in [2.45, 2.75) is 19.4 Å². The predicted octanol–water partition coefficient (Wildman–Crippen LogP) is 3.06. The van der Waals surface area contributed by atoms with Crippen LogP contribution in [0.2, 0.25) is 5.02 Å². The molecule has 136 valence electrons. The highest BCUT2D eigenvalue weighted by atomic mass is 35.5. The summed E-state index contributed by atoms with van der Waals surface area (Å²) in [5, 5.41) is 12.4. The predicted molar refractivity (Wildman–Crippen MR) is 96.0 cm³/mol. The topological polar surface area (TPSA) is 84.9 Å². The smallest absolute Gasteiger partial charge is 0.335 e. The Balaban J connectivity index is 1.66. The number of benzene rings is 2. The van der Waals surface area contributed by atoms with E-state index in [2.05, 4.69) is 5.32 Å². The Hall–Kier alpha value is -2.73. The summed E-state index contributed by atoms with van der Waals surface area (Å²) in [5.41, 5.74) is 1.37. The Bertz CT molecular complexity index is 837. The van der Waals surface area contributed by atoms with Crippen molar-refractivity contribution in [1.29, 1.82) is 0 Å². The molecule has 6 nitrogen and oxygen atoms in total. The molecule has 2 aromatic carbocycles. The number of carboxylic acid groups (broad SMARTS) is 1. The zero-order valence-electron chi connectivity index (χ0n) is 14.0. The number of carboxylic acids is 1. The van der Waals surface area contributed by atoms with Crippen LogP contribution in [0.5, 0.6) is 11.5 Å². The van der Waals surface area contributed by atoms with Crippen molar-refractivity contribution in [3.63, 3.8) is 0 Å². The van der Waals surface area contributed by atoms with Crippen LogP contribution in [0.3, 0.4) is 0 Å². The first kappa shape index (κ1) is 18.1. The van der Waals surface area contributed by atoms with Gasteiger partial charge in [-0.2, -0.15) is 0 Å². The molecule has 1 amide bonds. The first-order chi connectivity index (χ1) is 12.5. The van der Waals surface area contributed by atoms with E-state index >= 15 is 0 Å². The lowest BCUT2D eigenvalue weighted by molar-refractivity contribution is -0.120. The number of rotatable bonds is 5. The number of amides is 1. The Morgan fingerprint density at radius 1 is 1.15 bits per heavy atom. The van der Waals surface area contributed by atoms with E-state index in [9.17, 15) is 14.7 Å². The van der Waals surface area contributed by atoms with Gasteiger partial charge in [-0.15, -0.1) is 0 Å². The number of carbonyl (C=O) groups excluding carboxylic acids is 1. The summed E-state index contributed by atoms with van der Waals surface area (Å²) in [6.07, 6.45) is 0.765. The summed E-state index contributed by atoms with van der Waals surface area (Å²) in [7, 11) is 0. The number of hydrogen-bond donors (Lipinski definition) is 2. The van der Waals surface area contributed by atoms with Crippen LogP contribution in [0.25, 0.3) is 0 Å². The third kappa shape index (κ3) is 4.26. The molecule has 0 bridgehead atoms. The average molecular weight is 376 g/mol. The van der Waals surface area contributed by atoms with Gasteiger partial charge in [-0.3, -0.25) is 4.79 Å². The van der Waals surface area contributed by atoms with Crippen molar-refractivity contribution in [1.82, 2.24) is 5.32 Å². The van der Waals surface area contributed by atoms with Gasteiger partial charge >= 0.3 is 5.97 Å². The number of aromatic carboxylic acids is 1. The van der Waals surface area contributed by atoms with Gasteiger partial charge in [0.25, 0.3) is 0 Å². The van der Waals surface area contributed by atoms with E-state index in [1.165, 1.54) is 6.07 Å². The van der Waals surface area contributed by atoms with Crippen LogP contribution in [-0.2, 0) is 17.8 Å². The molecule has 0 saturated heterocycles. The van der Waals surface area contributed by atoms with Gasteiger partial charge in [-0.25, -0.2) is 4.79 Å². The minimum atomic E-state index is -1.05. The van der Waals surface area contributed by atoms with Gasteiger partial charge < -0.3 is 19.9 Å². The summed E-state index contributed by atoms with van der Waals surface area (Å²) < 4.78 is 11.2. The largest absolute Gasteiger partial charge is 0.489 e. The first-order valence-corrected chi connectivity index (χ1v) is 8.58. The molecule has 2 aromatic rings. The summed E-state index contributed by atoms with van der Waals surface area (Å²) in [6.45, 7) is 1.35. The highest BCUT2D eigenvalue weighted by Crippen LogP contribution is 2.37. The maximum absolute atomic E-state index is 12.2. The zero-order valence-corrected chi connectivity index (χ0v) is 14.7. The summed E-state index contributed by atoms with van der Waals surface area (Å²) in [6, 6.07) is 9.96. The minimum Gasteiger partial charge on any atom is -0.489 e. The Morgan fingerprint density at radius 2 is 1.92 bits per heavy atom. The molecule has 1 aliphatic heterocycles. The number of fused-ring (bicyclic) bond motifs is 1. The lowest BCUT2D eigenvalue weighted by Crippen LogP contribution is -2.25.